The molecule has 0 aliphatic carbocycles. The first-order valence-corrected chi connectivity index (χ1v) is 22.2. The van der Waals surface area contributed by atoms with Crippen LogP contribution < -0.4 is 0 Å². The minimum absolute atomic E-state index is 0. The molecule has 5 aromatic rings. The van der Waals surface area contributed by atoms with Crippen LogP contribution >= 0.6 is 0 Å². The van der Waals surface area contributed by atoms with Gasteiger partial charge in [-0.25, -0.2) is 13.6 Å². The van der Waals surface area contributed by atoms with Crippen LogP contribution in [-0.4, -0.2) is 125 Å². The van der Waals surface area contributed by atoms with Crippen molar-refractivity contribution >= 4 is 17.9 Å². The van der Waals surface area contributed by atoms with E-state index < -0.39 is 17.6 Å². The van der Waals surface area contributed by atoms with Gasteiger partial charge in [0.05, 0.1) is 57.4 Å². The van der Waals surface area contributed by atoms with Crippen molar-refractivity contribution in [2.24, 2.45) is 10.8 Å². The van der Waals surface area contributed by atoms with Crippen LogP contribution in [0.5, 0.6) is 0 Å². The first-order valence-electron chi connectivity index (χ1n) is 22.2. The number of ether oxygens (including phenoxy) is 8. The Labute approximate surface area is 408 Å². The van der Waals surface area contributed by atoms with Crippen LogP contribution in [0, 0.1) is 36.3 Å². The Balaban J connectivity index is 0.000000283. The van der Waals surface area contributed by atoms with Crippen LogP contribution in [0.2, 0.25) is 0 Å². The second kappa shape index (κ2) is 29.7. The highest BCUT2D eigenvalue weighted by atomic mass is 19.1. The molecule has 70 heavy (non-hydrogen) atoms. The molecule has 0 spiro atoms. The van der Waals surface area contributed by atoms with Crippen molar-refractivity contribution in [2.45, 2.75) is 61.8 Å². The number of carbonyl (C=O) groups excluding carboxylic acids is 3. The summed E-state index contributed by atoms with van der Waals surface area (Å²) in [5.41, 5.74) is 3.17. The van der Waals surface area contributed by atoms with E-state index in [1.54, 1.807) is 81.6 Å². The normalized spacial score (nSPS) is 13.7. The van der Waals surface area contributed by atoms with Crippen LogP contribution in [0.3, 0.4) is 0 Å². The zero-order chi connectivity index (χ0) is 50.2. The maximum absolute atomic E-state index is 14.4. The molecular formula is C51H66F2N4O13. The second-order valence-corrected chi connectivity index (χ2v) is 16.8. The first kappa shape index (κ1) is 58.1. The molecule has 0 saturated carbocycles. The molecule has 2 fully saturated rings. The van der Waals surface area contributed by atoms with Crippen molar-refractivity contribution in [1.29, 1.82) is 0 Å². The van der Waals surface area contributed by atoms with E-state index in [-0.39, 0.29) is 72.6 Å². The quantitative estimate of drug-likeness (QED) is 0.0309. The van der Waals surface area contributed by atoms with Crippen molar-refractivity contribution in [1.82, 2.24) is 20.3 Å². The Bertz CT molecular complexity index is 2290. The van der Waals surface area contributed by atoms with E-state index in [0.29, 0.717) is 47.5 Å². The molecule has 0 N–H and O–H groups in total. The number of aromatic nitrogens is 4. The Morgan fingerprint density at radius 2 is 1.09 bits per heavy atom. The van der Waals surface area contributed by atoms with E-state index in [1.165, 1.54) is 13.8 Å². The highest BCUT2D eigenvalue weighted by molar-refractivity contribution is 5.81. The summed E-state index contributed by atoms with van der Waals surface area (Å²) < 4.78 is 79.2. The average molecular weight is 981 g/mol. The zero-order valence-electron chi connectivity index (χ0n) is 40.3. The Morgan fingerprint density at radius 3 is 1.51 bits per heavy atom. The maximum atomic E-state index is 14.4. The van der Waals surface area contributed by atoms with Crippen molar-refractivity contribution in [3.05, 3.63) is 96.1 Å². The molecule has 2 aliphatic heterocycles. The fourth-order valence-electron chi connectivity index (χ4n) is 6.11. The number of hydrogen-bond donors (Lipinski definition) is 0. The zero-order valence-corrected chi connectivity index (χ0v) is 40.3. The molecule has 3 aromatic carbocycles. The van der Waals surface area contributed by atoms with Gasteiger partial charge in [-0.3, -0.25) is 9.59 Å². The van der Waals surface area contributed by atoms with Crippen LogP contribution in [-0.2, 0) is 52.3 Å². The van der Waals surface area contributed by atoms with Gasteiger partial charge in [-0.1, -0.05) is 68.5 Å². The van der Waals surface area contributed by atoms with Crippen LogP contribution in [0.4, 0.5) is 8.78 Å². The predicted molar refractivity (Wildman–Crippen MR) is 255 cm³/mol. The Morgan fingerprint density at radius 1 is 0.657 bits per heavy atom. The monoisotopic (exact) mass is 980 g/mol. The molecule has 19 heteroatoms. The molecule has 2 saturated heterocycles. The highest BCUT2D eigenvalue weighted by Gasteiger charge is 2.34. The number of rotatable bonds is 20. The molecule has 4 heterocycles. The lowest BCUT2D eigenvalue weighted by atomic mass is 9.90. The standard InChI is InChI=1S/C24H16F2N4O2.C10H20O3.C9H16O4.C7H10O4.CH4/c1-13-6-3-10-17(19(13)25)21-27-23(31-29-21)15-8-5-9-16(12-15)24-28-22(30-32-24)18-11-4-7-14(2)20(18)26;1-10(8-13-9-10)7-12-6-4-3-5-11-2;1-8(10)13-4-3-11-5-9(2)6-12-7-9;1-3-7(9)11-5-4-10-6(2)8;/h3-12H,1-2H3;3-9H2,1-2H3;3-7H2,1-2H3;3H,1,4-5H2,2H3;1H4. The van der Waals surface area contributed by atoms with Gasteiger partial charge in [0.1, 0.15) is 31.5 Å². The molecule has 7 rings (SSSR count). The first-order chi connectivity index (χ1) is 33.1. The third kappa shape index (κ3) is 19.3. The number of hydrogen-bond acceptors (Lipinski definition) is 17. The van der Waals surface area contributed by atoms with E-state index >= 15 is 0 Å². The summed E-state index contributed by atoms with van der Waals surface area (Å²) in [6.45, 7) is 20.9. The smallest absolute Gasteiger partial charge is 0.330 e. The Hall–Kier alpha value is -6.25. The lowest BCUT2D eigenvalue weighted by Crippen LogP contribution is -2.43. The van der Waals surface area contributed by atoms with Crippen molar-refractivity contribution in [2.75, 3.05) is 86.4 Å². The van der Waals surface area contributed by atoms with E-state index in [9.17, 15) is 23.2 Å². The van der Waals surface area contributed by atoms with Gasteiger partial charge in [0, 0.05) is 62.2 Å². The van der Waals surface area contributed by atoms with Gasteiger partial charge in [-0.05, 0) is 68.1 Å². The summed E-state index contributed by atoms with van der Waals surface area (Å²) in [5, 5.41) is 7.82. The molecule has 0 atom stereocenters. The van der Waals surface area contributed by atoms with Crippen molar-refractivity contribution in [3.8, 4) is 45.7 Å². The van der Waals surface area contributed by atoms with E-state index in [4.69, 9.17) is 37.5 Å². The van der Waals surface area contributed by atoms with Crippen LogP contribution in [0.15, 0.2) is 82.4 Å². The van der Waals surface area contributed by atoms with E-state index in [0.717, 1.165) is 65.2 Å². The second-order valence-electron chi connectivity index (χ2n) is 16.8. The fourth-order valence-corrected chi connectivity index (χ4v) is 6.11. The fraction of sp³-hybridized carbons (Fsp3) is 0.471. The van der Waals surface area contributed by atoms with Crippen LogP contribution in [0.25, 0.3) is 45.7 Å². The summed E-state index contributed by atoms with van der Waals surface area (Å²) in [6, 6.07) is 17.0. The molecule has 382 valence electrons. The molecule has 0 amide bonds. The molecule has 17 nitrogen and oxygen atoms in total. The number of benzene rings is 3. The third-order valence-corrected chi connectivity index (χ3v) is 10.00. The molecule has 2 aliphatic rings. The summed E-state index contributed by atoms with van der Waals surface area (Å²) in [4.78, 5) is 39.6. The SMILES string of the molecule is C.C=CC(=O)OCCOC(C)=O.CC(=O)OCCOCC1(C)COC1.COCCCCOCC1(C)COC1.Cc1cccc(-c2noc(-c3cccc(-c4nc(-c5cccc(C)c5F)no4)c3)n2)c1F. The van der Waals surface area contributed by atoms with Gasteiger partial charge in [0.25, 0.3) is 11.8 Å². The number of unbranched alkanes of at least 4 members (excludes halogenated alkanes) is 1. The summed E-state index contributed by atoms with van der Waals surface area (Å²) in [5.74, 6) is -1.22. The topological polar surface area (TPSA) is 203 Å². The number of carbonyl (C=O) groups is 3. The number of nitrogens with zero attached hydrogens (tertiary/aromatic N) is 4. The van der Waals surface area contributed by atoms with Gasteiger partial charge in [-0.15, -0.1) is 0 Å². The van der Waals surface area contributed by atoms with Crippen LogP contribution in [0.1, 0.15) is 59.1 Å². The lowest BCUT2D eigenvalue weighted by Gasteiger charge is -2.37. The predicted octanol–water partition coefficient (Wildman–Crippen LogP) is 9.00. The number of esters is 3. The Kier molecular flexibility index (Phi) is 24.6. The number of aryl methyl sites for hydroxylation is 2. The number of halogens is 2. The summed E-state index contributed by atoms with van der Waals surface area (Å²) in [7, 11) is 1.73. The van der Waals surface area contributed by atoms with Gasteiger partial charge in [0.15, 0.2) is 0 Å². The van der Waals surface area contributed by atoms with Gasteiger partial charge < -0.3 is 46.9 Å². The molecular weight excluding hydrogens is 915 g/mol. The largest absolute Gasteiger partial charge is 0.463 e. The lowest BCUT2D eigenvalue weighted by molar-refractivity contribution is -0.150. The van der Waals surface area contributed by atoms with Gasteiger partial charge in [0.2, 0.25) is 11.6 Å². The molecule has 0 radical (unpaired) electrons. The summed E-state index contributed by atoms with van der Waals surface area (Å²) >= 11 is 0. The minimum Gasteiger partial charge on any atom is -0.463 e. The molecule has 0 bridgehead atoms. The highest BCUT2D eigenvalue weighted by Crippen LogP contribution is 2.31. The van der Waals surface area contributed by atoms with Gasteiger partial charge in [-0.2, -0.15) is 9.97 Å². The van der Waals surface area contributed by atoms with E-state index in [1.807, 2.05) is 0 Å². The third-order valence-electron chi connectivity index (χ3n) is 10.00. The maximum Gasteiger partial charge on any atom is 0.330 e. The molecule has 0 unspecified atom stereocenters. The van der Waals surface area contributed by atoms with Crippen molar-refractivity contribution < 1.29 is 70.1 Å². The van der Waals surface area contributed by atoms with Crippen molar-refractivity contribution in [3.63, 3.8) is 0 Å². The van der Waals surface area contributed by atoms with E-state index in [2.05, 4.69) is 50.2 Å². The average Bonchev–Trinajstić information content (AvgIpc) is 4.02. The van der Waals surface area contributed by atoms with Gasteiger partial charge >= 0.3 is 17.9 Å². The minimum atomic E-state index is -0.517. The molecule has 2 aromatic heterocycles. The summed E-state index contributed by atoms with van der Waals surface area (Å²) in [6.07, 6.45) is 3.22. The number of methoxy groups -OCH3 is 1.